The van der Waals surface area contributed by atoms with Crippen LogP contribution in [0, 0.1) is 16.0 Å². The van der Waals surface area contributed by atoms with Crippen LogP contribution in [0.25, 0.3) is 0 Å². The van der Waals surface area contributed by atoms with E-state index in [1.54, 1.807) is 12.1 Å². The average molecular weight is 271 g/mol. The molecule has 1 aromatic rings. The third-order valence-corrected chi connectivity index (χ3v) is 3.00. The Morgan fingerprint density at radius 3 is 2.61 bits per heavy atom. The monoisotopic (exact) mass is 270 g/mol. The fourth-order valence-corrected chi connectivity index (χ4v) is 2.06. The molecule has 0 bridgehead atoms. The largest absolute Gasteiger partial charge is 0.299 e. The summed E-state index contributed by atoms with van der Waals surface area (Å²) < 4.78 is 0. The molecule has 5 heteroatoms. The van der Waals surface area contributed by atoms with Gasteiger partial charge in [-0.25, -0.2) is 0 Å². The first-order chi connectivity index (χ1) is 8.43. The molecule has 0 spiro atoms. The van der Waals surface area contributed by atoms with Crippen molar-refractivity contribution in [2.24, 2.45) is 5.92 Å². The van der Waals surface area contributed by atoms with E-state index in [1.807, 2.05) is 6.07 Å². The average Bonchev–Trinajstić information content (AvgIpc) is 2.29. The van der Waals surface area contributed by atoms with Gasteiger partial charge in [0.15, 0.2) is 0 Å². The molecule has 1 rings (SSSR count). The molecule has 4 nitrogen and oxygen atoms in total. The Kier molecular flexibility index (Phi) is 5.56. The molecular weight excluding hydrogens is 252 g/mol. The molecule has 0 atom stereocenters. The summed E-state index contributed by atoms with van der Waals surface area (Å²) in [5, 5.41) is 11.0. The molecule has 0 radical (unpaired) electrons. The van der Waals surface area contributed by atoms with Gasteiger partial charge in [-0.3, -0.25) is 15.0 Å². The summed E-state index contributed by atoms with van der Waals surface area (Å²) in [6.07, 6.45) is 0. The van der Waals surface area contributed by atoms with Crippen LogP contribution >= 0.6 is 11.6 Å². The minimum atomic E-state index is -0.440. The van der Waals surface area contributed by atoms with Crippen LogP contribution in [-0.4, -0.2) is 22.9 Å². The van der Waals surface area contributed by atoms with Gasteiger partial charge >= 0.3 is 0 Å². The number of nitro benzene ring substituents is 1. The molecule has 0 heterocycles. The van der Waals surface area contributed by atoms with Crippen molar-refractivity contribution < 1.29 is 4.92 Å². The Hall–Kier alpha value is -1.13. The van der Waals surface area contributed by atoms with Crippen LogP contribution in [0.2, 0.25) is 5.02 Å². The molecule has 0 fully saturated rings. The maximum Gasteiger partial charge on any atom is 0.288 e. The normalized spacial score (nSPS) is 11.2. The molecule has 0 aliphatic rings. The molecule has 0 aliphatic carbocycles. The Labute approximate surface area is 113 Å². The second-order valence-electron chi connectivity index (χ2n) is 4.76. The van der Waals surface area contributed by atoms with E-state index in [-0.39, 0.29) is 10.7 Å². The predicted molar refractivity (Wildman–Crippen MR) is 73.9 cm³/mol. The number of hydrogen-bond donors (Lipinski definition) is 0. The highest BCUT2D eigenvalue weighted by Crippen LogP contribution is 2.25. The van der Waals surface area contributed by atoms with E-state index in [4.69, 9.17) is 11.6 Å². The van der Waals surface area contributed by atoms with E-state index >= 15 is 0 Å². The zero-order valence-corrected chi connectivity index (χ0v) is 11.8. The van der Waals surface area contributed by atoms with Crippen molar-refractivity contribution in [2.45, 2.75) is 27.3 Å². The van der Waals surface area contributed by atoms with E-state index in [2.05, 4.69) is 25.7 Å². The standard InChI is InChI=1S/C13H19ClN2O2/c1-4-15(8-10(2)3)9-11-5-6-12(14)13(7-11)16(17)18/h5-7,10H,4,8-9H2,1-3H3. The minimum Gasteiger partial charge on any atom is -0.299 e. The van der Waals surface area contributed by atoms with Crippen LogP contribution in [0.5, 0.6) is 0 Å². The van der Waals surface area contributed by atoms with Gasteiger partial charge in [-0.15, -0.1) is 0 Å². The number of nitro groups is 1. The third kappa shape index (κ3) is 4.27. The Balaban J connectivity index is 2.83. The fraction of sp³-hybridized carbons (Fsp3) is 0.538. The van der Waals surface area contributed by atoms with Crippen LogP contribution in [0.3, 0.4) is 0 Å². The first kappa shape index (κ1) is 14.9. The van der Waals surface area contributed by atoms with Crippen LogP contribution in [0.4, 0.5) is 5.69 Å². The summed E-state index contributed by atoms with van der Waals surface area (Å²) in [5.41, 5.74) is 0.906. The Bertz CT molecular complexity index is 421. The summed E-state index contributed by atoms with van der Waals surface area (Å²) in [5.74, 6) is 0.576. The van der Waals surface area contributed by atoms with Gasteiger partial charge in [-0.1, -0.05) is 38.4 Å². The molecule has 100 valence electrons. The maximum atomic E-state index is 10.8. The highest BCUT2D eigenvalue weighted by atomic mass is 35.5. The third-order valence-electron chi connectivity index (χ3n) is 2.68. The van der Waals surface area contributed by atoms with E-state index in [1.165, 1.54) is 0 Å². The van der Waals surface area contributed by atoms with Gasteiger partial charge in [-0.2, -0.15) is 0 Å². The zero-order chi connectivity index (χ0) is 13.7. The van der Waals surface area contributed by atoms with Crippen LogP contribution in [0.1, 0.15) is 26.3 Å². The van der Waals surface area contributed by atoms with Gasteiger partial charge in [0.2, 0.25) is 0 Å². The Morgan fingerprint density at radius 1 is 1.44 bits per heavy atom. The van der Waals surface area contributed by atoms with Gasteiger partial charge in [0, 0.05) is 19.2 Å². The number of rotatable bonds is 6. The van der Waals surface area contributed by atoms with Crippen molar-refractivity contribution in [3.8, 4) is 0 Å². The topological polar surface area (TPSA) is 46.4 Å². The van der Waals surface area contributed by atoms with Crippen LogP contribution < -0.4 is 0 Å². The molecule has 0 N–H and O–H groups in total. The van der Waals surface area contributed by atoms with Crippen molar-refractivity contribution >= 4 is 17.3 Å². The summed E-state index contributed by atoms with van der Waals surface area (Å²) in [6.45, 7) is 9.03. The molecule has 0 unspecified atom stereocenters. The zero-order valence-electron chi connectivity index (χ0n) is 11.0. The van der Waals surface area contributed by atoms with Crippen LogP contribution in [-0.2, 0) is 6.54 Å². The van der Waals surface area contributed by atoms with Gasteiger partial charge in [0.05, 0.1) is 4.92 Å². The van der Waals surface area contributed by atoms with E-state index < -0.39 is 4.92 Å². The lowest BCUT2D eigenvalue weighted by Gasteiger charge is -2.22. The lowest BCUT2D eigenvalue weighted by molar-refractivity contribution is -0.384. The smallest absolute Gasteiger partial charge is 0.288 e. The SMILES string of the molecule is CCN(Cc1ccc(Cl)c([N+](=O)[O-])c1)CC(C)C. The van der Waals surface area contributed by atoms with E-state index in [0.29, 0.717) is 12.5 Å². The van der Waals surface area contributed by atoms with Crippen molar-refractivity contribution in [3.05, 3.63) is 38.9 Å². The highest BCUT2D eigenvalue weighted by molar-refractivity contribution is 6.32. The summed E-state index contributed by atoms with van der Waals surface area (Å²) in [7, 11) is 0. The lowest BCUT2D eigenvalue weighted by Crippen LogP contribution is -2.27. The van der Waals surface area contributed by atoms with Gasteiger partial charge < -0.3 is 0 Å². The molecule has 0 saturated heterocycles. The fourth-order valence-electron chi connectivity index (χ4n) is 1.88. The van der Waals surface area contributed by atoms with E-state index in [9.17, 15) is 10.1 Å². The molecule has 1 aromatic carbocycles. The molecular formula is C13H19ClN2O2. The summed E-state index contributed by atoms with van der Waals surface area (Å²) in [6, 6.07) is 5.00. The number of nitrogens with zero attached hydrogens (tertiary/aromatic N) is 2. The molecule has 0 saturated carbocycles. The van der Waals surface area contributed by atoms with Crippen molar-refractivity contribution in [2.75, 3.05) is 13.1 Å². The summed E-state index contributed by atoms with van der Waals surface area (Å²) >= 11 is 5.79. The number of benzene rings is 1. The lowest BCUT2D eigenvalue weighted by atomic mass is 10.1. The molecule has 0 aromatic heterocycles. The van der Waals surface area contributed by atoms with Gasteiger partial charge in [0.25, 0.3) is 5.69 Å². The molecule has 18 heavy (non-hydrogen) atoms. The van der Waals surface area contributed by atoms with Crippen molar-refractivity contribution in [1.29, 1.82) is 0 Å². The quantitative estimate of drug-likeness (QED) is 0.584. The predicted octanol–water partition coefficient (Wildman–Crippen LogP) is 3.73. The summed E-state index contributed by atoms with van der Waals surface area (Å²) in [4.78, 5) is 12.6. The van der Waals surface area contributed by atoms with Crippen molar-refractivity contribution in [3.63, 3.8) is 0 Å². The number of halogens is 1. The molecule has 0 aliphatic heterocycles. The minimum absolute atomic E-state index is 0.0187. The maximum absolute atomic E-state index is 10.8. The van der Waals surface area contributed by atoms with Crippen molar-refractivity contribution in [1.82, 2.24) is 4.90 Å². The van der Waals surface area contributed by atoms with Crippen LogP contribution in [0.15, 0.2) is 18.2 Å². The first-order valence-corrected chi connectivity index (χ1v) is 6.47. The van der Waals surface area contributed by atoms with Gasteiger partial charge in [0.1, 0.15) is 5.02 Å². The molecule has 0 amide bonds. The second kappa shape index (κ2) is 6.71. The second-order valence-corrected chi connectivity index (χ2v) is 5.17. The first-order valence-electron chi connectivity index (χ1n) is 6.09. The highest BCUT2D eigenvalue weighted by Gasteiger charge is 2.14. The van der Waals surface area contributed by atoms with E-state index in [0.717, 1.165) is 18.7 Å². The Morgan fingerprint density at radius 2 is 2.11 bits per heavy atom. The van der Waals surface area contributed by atoms with Gasteiger partial charge in [-0.05, 0) is 24.1 Å². The number of hydrogen-bond acceptors (Lipinski definition) is 3.